The summed E-state index contributed by atoms with van der Waals surface area (Å²) in [7, 11) is 1.54. The van der Waals surface area contributed by atoms with Gasteiger partial charge in [-0.05, 0) is 12.1 Å². The maximum Gasteiger partial charge on any atom is 0.161 e. The molecule has 0 fully saturated rings. The molecular formula is C13H20O6. The number of aliphatic hydroxyl groups is 3. The van der Waals surface area contributed by atoms with Gasteiger partial charge in [-0.15, -0.1) is 0 Å². The van der Waals surface area contributed by atoms with Crippen molar-refractivity contribution in [2.45, 2.75) is 12.2 Å². The van der Waals surface area contributed by atoms with Crippen LogP contribution in [0.1, 0.15) is 0 Å². The number of hydrogen-bond acceptors (Lipinski definition) is 6. The van der Waals surface area contributed by atoms with Gasteiger partial charge in [-0.2, -0.15) is 0 Å². The summed E-state index contributed by atoms with van der Waals surface area (Å²) >= 11 is 0. The van der Waals surface area contributed by atoms with Crippen LogP contribution >= 0.6 is 0 Å². The SMILES string of the molecule is COc1ccccc1OCC(O)COCC(O)CO. The van der Waals surface area contributed by atoms with Crippen LogP contribution in [0, 0.1) is 0 Å². The van der Waals surface area contributed by atoms with Crippen molar-refractivity contribution < 1.29 is 29.5 Å². The van der Waals surface area contributed by atoms with E-state index < -0.39 is 12.2 Å². The molecule has 6 heteroatoms. The number of rotatable bonds is 9. The van der Waals surface area contributed by atoms with E-state index in [2.05, 4.69) is 0 Å². The zero-order valence-electron chi connectivity index (χ0n) is 10.9. The average Bonchev–Trinajstić information content (AvgIpc) is 2.45. The van der Waals surface area contributed by atoms with Gasteiger partial charge in [0.2, 0.25) is 0 Å². The van der Waals surface area contributed by atoms with Crippen LogP contribution in [0.5, 0.6) is 11.5 Å². The Hall–Kier alpha value is -1.34. The largest absolute Gasteiger partial charge is 0.493 e. The van der Waals surface area contributed by atoms with Crippen LogP contribution in [-0.4, -0.2) is 61.1 Å². The summed E-state index contributed by atoms with van der Waals surface area (Å²) in [5, 5.41) is 27.2. The molecule has 1 rings (SSSR count). The second-order valence-electron chi connectivity index (χ2n) is 3.99. The molecular weight excluding hydrogens is 252 g/mol. The van der Waals surface area contributed by atoms with E-state index in [1.165, 1.54) is 7.11 Å². The van der Waals surface area contributed by atoms with Crippen molar-refractivity contribution >= 4 is 0 Å². The van der Waals surface area contributed by atoms with Crippen LogP contribution in [0.15, 0.2) is 24.3 Å². The zero-order chi connectivity index (χ0) is 14.1. The number of hydrogen-bond donors (Lipinski definition) is 3. The van der Waals surface area contributed by atoms with Crippen molar-refractivity contribution in [3.8, 4) is 11.5 Å². The van der Waals surface area contributed by atoms with E-state index in [9.17, 15) is 5.11 Å². The number of benzene rings is 1. The van der Waals surface area contributed by atoms with E-state index >= 15 is 0 Å². The van der Waals surface area contributed by atoms with Gasteiger partial charge in [-0.3, -0.25) is 0 Å². The highest BCUT2D eigenvalue weighted by Gasteiger charge is 2.09. The van der Waals surface area contributed by atoms with Gasteiger partial charge in [0.25, 0.3) is 0 Å². The molecule has 0 saturated heterocycles. The Balaban J connectivity index is 2.27. The third kappa shape index (κ3) is 5.89. The zero-order valence-corrected chi connectivity index (χ0v) is 10.9. The fraction of sp³-hybridized carbons (Fsp3) is 0.538. The molecule has 0 spiro atoms. The molecule has 0 aromatic heterocycles. The van der Waals surface area contributed by atoms with Gasteiger partial charge in [0.1, 0.15) is 18.8 Å². The predicted octanol–water partition coefficient (Wildman–Crippen LogP) is -0.195. The number of para-hydroxylation sites is 2. The lowest BCUT2D eigenvalue weighted by molar-refractivity contribution is -0.0338. The Morgan fingerprint density at radius 3 is 2.26 bits per heavy atom. The van der Waals surface area contributed by atoms with E-state index in [1.807, 2.05) is 6.07 Å². The first-order valence-corrected chi connectivity index (χ1v) is 5.98. The third-order valence-electron chi connectivity index (χ3n) is 2.33. The Bertz CT molecular complexity index is 357. The lowest BCUT2D eigenvalue weighted by Crippen LogP contribution is -2.27. The van der Waals surface area contributed by atoms with Gasteiger partial charge >= 0.3 is 0 Å². The van der Waals surface area contributed by atoms with E-state index in [0.717, 1.165) is 0 Å². The van der Waals surface area contributed by atoms with E-state index in [4.69, 9.17) is 24.4 Å². The Morgan fingerprint density at radius 1 is 1.00 bits per heavy atom. The van der Waals surface area contributed by atoms with E-state index in [-0.39, 0.29) is 26.4 Å². The average molecular weight is 272 g/mol. The molecule has 0 aliphatic rings. The molecule has 0 radical (unpaired) electrons. The molecule has 0 aliphatic carbocycles. The molecule has 0 heterocycles. The highest BCUT2D eigenvalue weighted by Crippen LogP contribution is 2.25. The van der Waals surface area contributed by atoms with Gasteiger partial charge < -0.3 is 29.5 Å². The maximum absolute atomic E-state index is 9.62. The highest BCUT2D eigenvalue weighted by atomic mass is 16.5. The molecule has 6 nitrogen and oxygen atoms in total. The predicted molar refractivity (Wildman–Crippen MR) is 68.4 cm³/mol. The fourth-order valence-electron chi connectivity index (χ4n) is 1.36. The summed E-state index contributed by atoms with van der Waals surface area (Å²) in [5.74, 6) is 1.13. The molecule has 1 aromatic carbocycles. The standard InChI is InChI=1S/C13H20O6/c1-17-12-4-2-3-5-13(12)19-9-11(16)8-18-7-10(15)6-14/h2-5,10-11,14-16H,6-9H2,1H3. The molecule has 2 atom stereocenters. The first kappa shape index (κ1) is 15.7. The molecule has 0 saturated carbocycles. The Morgan fingerprint density at radius 2 is 1.63 bits per heavy atom. The van der Waals surface area contributed by atoms with Crippen LogP contribution in [0.4, 0.5) is 0 Å². The van der Waals surface area contributed by atoms with Crippen LogP contribution in [0.3, 0.4) is 0 Å². The number of ether oxygens (including phenoxy) is 3. The lowest BCUT2D eigenvalue weighted by atomic mass is 10.3. The van der Waals surface area contributed by atoms with Gasteiger partial charge in [0.15, 0.2) is 11.5 Å². The smallest absolute Gasteiger partial charge is 0.161 e. The van der Waals surface area contributed by atoms with E-state index in [0.29, 0.717) is 11.5 Å². The summed E-state index contributed by atoms with van der Waals surface area (Å²) < 4.78 is 15.5. The van der Waals surface area contributed by atoms with Crippen molar-refractivity contribution in [2.24, 2.45) is 0 Å². The van der Waals surface area contributed by atoms with Crippen molar-refractivity contribution in [3.63, 3.8) is 0 Å². The molecule has 0 amide bonds. The van der Waals surface area contributed by atoms with Crippen LogP contribution < -0.4 is 9.47 Å². The van der Waals surface area contributed by atoms with Crippen molar-refractivity contribution in [1.29, 1.82) is 0 Å². The van der Waals surface area contributed by atoms with Gasteiger partial charge in [0.05, 0.1) is 26.9 Å². The van der Waals surface area contributed by atoms with Crippen LogP contribution in [0.25, 0.3) is 0 Å². The second kappa shape index (κ2) is 8.71. The fourth-order valence-corrected chi connectivity index (χ4v) is 1.36. The van der Waals surface area contributed by atoms with Crippen molar-refractivity contribution in [3.05, 3.63) is 24.3 Å². The molecule has 2 unspecified atom stereocenters. The number of aliphatic hydroxyl groups excluding tert-OH is 3. The summed E-state index contributed by atoms with van der Waals surface area (Å²) in [4.78, 5) is 0. The Labute approximate surface area is 112 Å². The monoisotopic (exact) mass is 272 g/mol. The topological polar surface area (TPSA) is 88.4 Å². The lowest BCUT2D eigenvalue weighted by Gasteiger charge is -2.15. The van der Waals surface area contributed by atoms with Gasteiger partial charge in [0, 0.05) is 0 Å². The minimum atomic E-state index is -0.928. The minimum absolute atomic E-state index is 0.0200. The normalized spacial score (nSPS) is 13.9. The number of methoxy groups -OCH3 is 1. The molecule has 19 heavy (non-hydrogen) atoms. The van der Waals surface area contributed by atoms with Crippen molar-refractivity contribution in [2.75, 3.05) is 33.5 Å². The molecule has 3 N–H and O–H groups in total. The van der Waals surface area contributed by atoms with Gasteiger partial charge in [-0.25, -0.2) is 0 Å². The van der Waals surface area contributed by atoms with E-state index in [1.54, 1.807) is 18.2 Å². The quantitative estimate of drug-likeness (QED) is 0.577. The summed E-state index contributed by atoms with van der Waals surface area (Å²) in [6.45, 7) is -0.322. The first-order valence-electron chi connectivity index (χ1n) is 5.98. The minimum Gasteiger partial charge on any atom is -0.493 e. The third-order valence-corrected chi connectivity index (χ3v) is 2.33. The molecule has 0 bridgehead atoms. The summed E-state index contributed by atoms with van der Waals surface area (Å²) in [5.41, 5.74) is 0. The van der Waals surface area contributed by atoms with Gasteiger partial charge in [-0.1, -0.05) is 12.1 Å². The van der Waals surface area contributed by atoms with Crippen LogP contribution in [-0.2, 0) is 4.74 Å². The van der Waals surface area contributed by atoms with Crippen LogP contribution in [0.2, 0.25) is 0 Å². The maximum atomic E-state index is 9.62. The molecule has 1 aromatic rings. The summed E-state index contributed by atoms with van der Waals surface area (Å²) in [6, 6.07) is 7.12. The Kier molecular flexibility index (Phi) is 7.20. The second-order valence-corrected chi connectivity index (χ2v) is 3.99. The molecule has 108 valence electrons. The van der Waals surface area contributed by atoms with Crippen molar-refractivity contribution in [1.82, 2.24) is 0 Å². The summed E-state index contributed by atoms with van der Waals surface area (Å²) in [6.07, 6.45) is -1.75. The molecule has 0 aliphatic heterocycles. The first-order chi connectivity index (χ1) is 9.17. The highest BCUT2D eigenvalue weighted by molar-refractivity contribution is 5.39.